The largest absolute Gasteiger partial charge is 0.484 e. The van der Waals surface area contributed by atoms with E-state index in [1.54, 1.807) is 0 Å². The van der Waals surface area contributed by atoms with Crippen LogP contribution in [0.1, 0.15) is 21.5 Å². The minimum absolute atomic E-state index is 0.0820. The van der Waals surface area contributed by atoms with Gasteiger partial charge in [-0.25, -0.2) is 0 Å². The SMILES string of the molecule is CCc1ccc(C(=O)COc2cc(Cl)c(Cl)cc2Cl)s1. The van der Waals surface area contributed by atoms with Gasteiger partial charge in [0.25, 0.3) is 0 Å². The Morgan fingerprint density at radius 1 is 1.15 bits per heavy atom. The summed E-state index contributed by atoms with van der Waals surface area (Å²) < 4.78 is 5.41. The zero-order valence-electron chi connectivity index (χ0n) is 10.6. The fourth-order valence-electron chi connectivity index (χ4n) is 1.55. The van der Waals surface area contributed by atoms with E-state index in [1.165, 1.54) is 28.3 Å². The lowest BCUT2D eigenvalue weighted by atomic mass is 10.3. The molecule has 0 bridgehead atoms. The summed E-state index contributed by atoms with van der Waals surface area (Å²) in [5.74, 6) is 0.263. The van der Waals surface area contributed by atoms with Crippen molar-refractivity contribution in [1.29, 1.82) is 0 Å². The van der Waals surface area contributed by atoms with Crippen LogP contribution in [-0.4, -0.2) is 12.4 Å². The number of carbonyl (C=O) groups is 1. The van der Waals surface area contributed by atoms with Crippen LogP contribution < -0.4 is 4.74 Å². The number of ketones is 1. The maximum absolute atomic E-state index is 12.0. The molecule has 0 aliphatic carbocycles. The molecule has 0 aliphatic heterocycles. The van der Waals surface area contributed by atoms with E-state index in [9.17, 15) is 4.79 Å². The molecule has 2 rings (SSSR count). The lowest BCUT2D eigenvalue weighted by molar-refractivity contribution is 0.0925. The first kappa shape index (κ1) is 15.6. The number of rotatable bonds is 5. The molecule has 0 fully saturated rings. The van der Waals surface area contributed by atoms with Crippen molar-refractivity contribution in [2.45, 2.75) is 13.3 Å². The highest BCUT2D eigenvalue weighted by atomic mass is 35.5. The summed E-state index contributed by atoms with van der Waals surface area (Å²) in [6.07, 6.45) is 0.914. The molecule has 0 spiro atoms. The molecule has 0 N–H and O–H groups in total. The van der Waals surface area contributed by atoms with E-state index in [1.807, 2.05) is 19.1 Å². The molecular weight excluding hydrogens is 339 g/mol. The quantitative estimate of drug-likeness (QED) is 0.524. The first-order valence-electron chi connectivity index (χ1n) is 5.90. The second-order valence-corrected chi connectivity index (χ2v) is 6.42. The van der Waals surface area contributed by atoms with Crippen LogP contribution in [0.3, 0.4) is 0 Å². The molecule has 0 unspecified atom stereocenters. The van der Waals surface area contributed by atoms with Gasteiger partial charge in [-0.3, -0.25) is 4.79 Å². The van der Waals surface area contributed by atoms with E-state index in [0.29, 0.717) is 25.7 Å². The summed E-state index contributed by atoms with van der Waals surface area (Å²) >= 11 is 19.2. The minimum atomic E-state index is -0.0863. The van der Waals surface area contributed by atoms with Gasteiger partial charge in [-0.15, -0.1) is 11.3 Å². The van der Waals surface area contributed by atoms with E-state index in [-0.39, 0.29) is 12.4 Å². The molecule has 20 heavy (non-hydrogen) atoms. The molecule has 1 aromatic carbocycles. The minimum Gasteiger partial charge on any atom is -0.484 e. The Hall–Kier alpha value is -0.740. The monoisotopic (exact) mass is 348 g/mol. The molecule has 1 heterocycles. The molecule has 0 saturated heterocycles. The fourth-order valence-corrected chi connectivity index (χ4v) is 3.01. The van der Waals surface area contributed by atoms with Gasteiger partial charge in [0, 0.05) is 10.9 Å². The van der Waals surface area contributed by atoms with Crippen molar-refractivity contribution in [2.24, 2.45) is 0 Å². The molecular formula is C14H11Cl3O2S. The summed E-state index contributed by atoms with van der Waals surface area (Å²) in [5.41, 5.74) is 0. The second kappa shape index (κ2) is 6.81. The van der Waals surface area contributed by atoms with Gasteiger partial charge in [-0.2, -0.15) is 0 Å². The highest BCUT2D eigenvalue weighted by Gasteiger charge is 2.12. The van der Waals surface area contributed by atoms with Crippen LogP contribution in [0.2, 0.25) is 15.1 Å². The maximum Gasteiger partial charge on any atom is 0.210 e. The van der Waals surface area contributed by atoms with Gasteiger partial charge in [-0.05, 0) is 24.6 Å². The van der Waals surface area contributed by atoms with Crippen LogP contribution in [0, 0.1) is 0 Å². The van der Waals surface area contributed by atoms with Crippen molar-refractivity contribution in [3.8, 4) is 5.75 Å². The predicted octanol–water partition coefficient (Wildman–Crippen LogP) is 5.53. The Bertz CT molecular complexity index is 637. The Morgan fingerprint density at radius 3 is 2.50 bits per heavy atom. The van der Waals surface area contributed by atoms with E-state index < -0.39 is 0 Å². The summed E-state index contributed by atoms with van der Waals surface area (Å²) in [6.45, 7) is 1.97. The number of ether oxygens (including phenoxy) is 1. The third-order valence-corrected chi connectivity index (χ3v) is 4.91. The standard InChI is InChI=1S/C14H11Cl3O2S/c1-2-8-3-4-14(20-8)12(18)7-19-13-6-10(16)9(15)5-11(13)17/h3-6H,2,7H2,1H3. The molecule has 0 amide bonds. The normalized spacial score (nSPS) is 10.6. The van der Waals surface area contributed by atoms with E-state index in [0.717, 1.165) is 6.42 Å². The molecule has 0 aliphatic rings. The second-order valence-electron chi connectivity index (χ2n) is 4.03. The Labute approximate surface area is 136 Å². The summed E-state index contributed by atoms with van der Waals surface area (Å²) in [7, 11) is 0. The highest BCUT2D eigenvalue weighted by Crippen LogP contribution is 2.34. The van der Waals surface area contributed by atoms with Gasteiger partial charge in [0.15, 0.2) is 6.61 Å². The van der Waals surface area contributed by atoms with Gasteiger partial charge < -0.3 is 4.74 Å². The third-order valence-electron chi connectivity index (χ3n) is 2.62. The highest BCUT2D eigenvalue weighted by molar-refractivity contribution is 7.14. The van der Waals surface area contributed by atoms with Crippen LogP contribution >= 0.6 is 46.1 Å². The van der Waals surface area contributed by atoms with Crippen LogP contribution in [0.4, 0.5) is 0 Å². The Balaban J connectivity index is 2.05. The average Bonchev–Trinajstić information content (AvgIpc) is 2.90. The third kappa shape index (κ3) is 3.67. The maximum atomic E-state index is 12.0. The summed E-state index contributed by atoms with van der Waals surface area (Å²) in [5, 5.41) is 1.01. The molecule has 106 valence electrons. The Kier molecular flexibility index (Phi) is 5.33. The average molecular weight is 350 g/mol. The van der Waals surface area contributed by atoms with Crippen LogP contribution in [0.25, 0.3) is 0 Å². The predicted molar refractivity (Wildman–Crippen MR) is 85.0 cm³/mol. The zero-order chi connectivity index (χ0) is 14.7. The van der Waals surface area contributed by atoms with Gasteiger partial charge in [-0.1, -0.05) is 41.7 Å². The number of hydrogen-bond donors (Lipinski definition) is 0. The first-order valence-corrected chi connectivity index (χ1v) is 7.85. The van der Waals surface area contributed by atoms with Crippen molar-refractivity contribution >= 4 is 51.9 Å². The van der Waals surface area contributed by atoms with Crippen LogP contribution in [0.15, 0.2) is 24.3 Å². The zero-order valence-corrected chi connectivity index (χ0v) is 13.7. The molecule has 0 saturated carbocycles. The molecule has 2 nitrogen and oxygen atoms in total. The van der Waals surface area contributed by atoms with Gasteiger partial charge >= 0.3 is 0 Å². The topological polar surface area (TPSA) is 26.3 Å². The first-order chi connectivity index (χ1) is 9.51. The number of aryl methyl sites for hydroxylation is 1. The van der Waals surface area contributed by atoms with E-state index in [4.69, 9.17) is 39.5 Å². The fraction of sp³-hybridized carbons (Fsp3) is 0.214. The van der Waals surface area contributed by atoms with E-state index >= 15 is 0 Å². The van der Waals surface area contributed by atoms with Gasteiger partial charge in [0.2, 0.25) is 5.78 Å². The van der Waals surface area contributed by atoms with Crippen LogP contribution in [-0.2, 0) is 6.42 Å². The van der Waals surface area contributed by atoms with Crippen molar-refractivity contribution in [3.63, 3.8) is 0 Å². The lowest BCUT2D eigenvalue weighted by Crippen LogP contribution is -2.10. The molecule has 0 atom stereocenters. The van der Waals surface area contributed by atoms with E-state index in [2.05, 4.69) is 0 Å². The summed E-state index contributed by atoms with van der Waals surface area (Å²) in [4.78, 5) is 13.8. The Morgan fingerprint density at radius 2 is 1.85 bits per heavy atom. The molecule has 6 heteroatoms. The number of hydrogen-bond acceptors (Lipinski definition) is 3. The smallest absolute Gasteiger partial charge is 0.210 e. The van der Waals surface area contributed by atoms with Crippen molar-refractivity contribution in [1.82, 2.24) is 0 Å². The van der Waals surface area contributed by atoms with Crippen molar-refractivity contribution in [2.75, 3.05) is 6.61 Å². The molecule has 2 aromatic rings. The number of Topliss-reactive ketones (excluding diaryl/α,β-unsaturated/α-hetero) is 1. The van der Waals surface area contributed by atoms with Gasteiger partial charge in [0.1, 0.15) is 5.75 Å². The number of halogens is 3. The number of carbonyl (C=O) groups excluding carboxylic acids is 1. The number of thiophene rings is 1. The number of benzene rings is 1. The van der Waals surface area contributed by atoms with Gasteiger partial charge in [0.05, 0.1) is 19.9 Å². The van der Waals surface area contributed by atoms with Crippen molar-refractivity contribution in [3.05, 3.63) is 49.1 Å². The molecule has 0 radical (unpaired) electrons. The molecule has 1 aromatic heterocycles. The van der Waals surface area contributed by atoms with Crippen LogP contribution in [0.5, 0.6) is 5.75 Å². The summed E-state index contributed by atoms with van der Waals surface area (Å²) in [6, 6.07) is 6.76. The lowest BCUT2D eigenvalue weighted by Gasteiger charge is -2.08. The van der Waals surface area contributed by atoms with Crippen molar-refractivity contribution < 1.29 is 9.53 Å².